The predicted octanol–water partition coefficient (Wildman–Crippen LogP) is 1.79. The molecule has 12 heavy (non-hydrogen) atoms. The minimum atomic E-state index is 0.226. The molecule has 0 N–H and O–H groups in total. The molecule has 0 bridgehead atoms. The molecule has 2 nitrogen and oxygen atoms in total. The fourth-order valence-corrected chi connectivity index (χ4v) is 2.07. The van der Waals surface area contributed by atoms with E-state index in [1.165, 1.54) is 0 Å². The summed E-state index contributed by atoms with van der Waals surface area (Å²) in [6.45, 7) is 0. The Hall–Kier alpha value is -0.920. The Labute approximate surface area is 71.6 Å². The third kappa shape index (κ3) is 1.11. The molecule has 0 aliphatic heterocycles. The summed E-state index contributed by atoms with van der Waals surface area (Å²) in [4.78, 5) is 22.7. The highest BCUT2D eigenvalue weighted by Gasteiger charge is 2.27. The molecular formula is C10H12O2. The molecule has 0 radical (unpaired) electrons. The van der Waals surface area contributed by atoms with E-state index < -0.39 is 0 Å². The zero-order valence-electron chi connectivity index (χ0n) is 7.06. The van der Waals surface area contributed by atoms with Crippen molar-refractivity contribution in [3.63, 3.8) is 0 Å². The van der Waals surface area contributed by atoms with Crippen molar-refractivity contribution in [3.05, 3.63) is 11.1 Å². The average molecular weight is 164 g/mol. The van der Waals surface area contributed by atoms with Gasteiger partial charge in [-0.1, -0.05) is 0 Å². The van der Waals surface area contributed by atoms with Crippen LogP contribution in [0.15, 0.2) is 11.1 Å². The monoisotopic (exact) mass is 164 g/mol. The molecule has 0 saturated heterocycles. The Bertz CT molecular complexity index is 246. The Morgan fingerprint density at radius 1 is 0.667 bits per heavy atom. The summed E-state index contributed by atoms with van der Waals surface area (Å²) in [6, 6.07) is 0. The molecule has 0 aromatic heterocycles. The Kier molecular flexibility index (Phi) is 1.83. The number of Topliss-reactive ketones (excluding diaryl/α,β-unsaturated/α-hetero) is 2. The van der Waals surface area contributed by atoms with Gasteiger partial charge in [-0.25, -0.2) is 0 Å². The topological polar surface area (TPSA) is 34.1 Å². The molecular weight excluding hydrogens is 152 g/mol. The molecule has 0 unspecified atom stereocenters. The maximum atomic E-state index is 11.4. The van der Waals surface area contributed by atoms with E-state index in [4.69, 9.17) is 0 Å². The minimum Gasteiger partial charge on any atom is -0.295 e. The quantitative estimate of drug-likeness (QED) is 0.547. The van der Waals surface area contributed by atoms with Gasteiger partial charge in [-0.15, -0.1) is 0 Å². The van der Waals surface area contributed by atoms with Gasteiger partial charge in [0.2, 0.25) is 0 Å². The van der Waals surface area contributed by atoms with Gasteiger partial charge in [0.1, 0.15) is 0 Å². The van der Waals surface area contributed by atoms with Crippen LogP contribution < -0.4 is 0 Å². The summed E-state index contributed by atoms with van der Waals surface area (Å²) in [6.07, 6.45) is 4.77. The number of allylic oxidation sites excluding steroid dienone is 2. The normalized spacial score (nSPS) is 24.3. The van der Waals surface area contributed by atoms with Crippen LogP contribution in [0.1, 0.15) is 38.5 Å². The summed E-state index contributed by atoms with van der Waals surface area (Å²) in [5, 5.41) is 0. The lowest BCUT2D eigenvalue weighted by molar-refractivity contribution is -0.120. The highest BCUT2D eigenvalue weighted by Crippen LogP contribution is 2.31. The minimum absolute atomic E-state index is 0.226. The first-order valence-electron chi connectivity index (χ1n) is 4.57. The van der Waals surface area contributed by atoms with Gasteiger partial charge in [0, 0.05) is 24.0 Å². The highest BCUT2D eigenvalue weighted by molar-refractivity contribution is 6.08. The van der Waals surface area contributed by atoms with Gasteiger partial charge in [-0.2, -0.15) is 0 Å². The molecule has 0 spiro atoms. The standard InChI is InChI=1S/C10H12O2/c11-9-5-1-3-7-8(9)4-2-6-10(7)12/h1-6H2. The summed E-state index contributed by atoms with van der Waals surface area (Å²) in [5.41, 5.74) is 1.72. The number of carbonyl (C=O) groups is 2. The van der Waals surface area contributed by atoms with Gasteiger partial charge in [0.15, 0.2) is 11.6 Å². The van der Waals surface area contributed by atoms with E-state index in [-0.39, 0.29) is 11.6 Å². The summed E-state index contributed by atoms with van der Waals surface area (Å²) < 4.78 is 0. The number of hydrogen-bond acceptors (Lipinski definition) is 2. The zero-order valence-corrected chi connectivity index (χ0v) is 7.06. The van der Waals surface area contributed by atoms with Crippen molar-refractivity contribution in [1.29, 1.82) is 0 Å². The van der Waals surface area contributed by atoms with Gasteiger partial charge < -0.3 is 0 Å². The molecule has 2 rings (SSSR count). The third-order valence-corrected chi connectivity index (χ3v) is 2.70. The second kappa shape index (κ2) is 2.85. The van der Waals surface area contributed by atoms with E-state index in [0.717, 1.165) is 36.8 Å². The van der Waals surface area contributed by atoms with Crippen LogP contribution in [0.4, 0.5) is 0 Å². The number of carbonyl (C=O) groups excluding carboxylic acids is 2. The van der Waals surface area contributed by atoms with Crippen LogP contribution in [0.25, 0.3) is 0 Å². The molecule has 64 valence electrons. The number of rotatable bonds is 0. The molecule has 0 aromatic rings. The molecule has 2 aliphatic rings. The Morgan fingerprint density at radius 3 is 1.50 bits per heavy atom. The number of hydrogen-bond donors (Lipinski definition) is 0. The molecule has 2 aliphatic carbocycles. The van der Waals surface area contributed by atoms with E-state index >= 15 is 0 Å². The van der Waals surface area contributed by atoms with Crippen LogP contribution >= 0.6 is 0 Å². The Morgan fingerprint density at radius 2 is 1.08 bits per heavy atom. The first-order valence-corrected chi connectivity index (χ1v) is 4.57. The second-order valence-corrected chi connectivity index (χ2v) is 3.51. The fraction of sp³-hybridized carbons (Fsp3) is 0.600. The van der Waals surface area contributed by atoms with Crippen molar-refractivity contribution < 1.29 is 9.59 Å². The fourth-order valence-electron chi connectivity index (χ4n) is 2.07. The molecule has 0 aromatic carbocycles. The SMILES string of the molecule is O=C1CCCC2=C1CCCC2=O. The van der Waals surface area contributed by atoms with Crippen molar-refractivity contribution in [3.8, 4) is 0 Å². The summed E-state index contributed by atoms with van der Waals surface area (Å²) in [7, 11) is 0. The summed E-state index contributed by atoms with van der Waals surface area (Å²) in [5.74, 6) is 0.452. The van der Waals surface area contributed by atoms with E-state index in [2.05, 4.69) is 0 Å². The van der Waals surface area contributed by atoms with Gasteiger partial charge in [0.25, 0.3) is 0 Å². The lowest BCUT2D eigenvalue weighted by atomic mass is 9.81. The first kappa shape index (κ1) is 7.71. The largest absolute Gasteiger partial charge is 0.295 e. The predicted molar refractivity (Wildman–Crippen MR) is 44.7 cm³/mol. The lowest BCUT2D eigenvalue weighted by Gasteiger charge is -2.22. The van der Waals surface area contributed by atoms with Crippen molar-refractivity contribution in [2.45, 2.75) is 38.5 Å². The van der Waals surface area contributed by atoms with E-state index in [1.807, 2.05) is 0 Å². The van der Waals surface area contributed by atoms with Crippen molar-refractivity contribution in [2.24, 2.45) is 0 Å². The zero-order chi connectivity index (χ0) is 8.55. The maximum absolute atomic E-state index is 11.4. The van der Waals surface area contributed by atoms with Gasteiger partial charge in [-0.3, -0.25) is 9.59 Å². The molecule has 0 fully saturated rings. The van der Waals surface area contributed by atoms with Crippen LogP contribution in [0.3, 0.4) is 0 Å². The van der Waals surface area contributed by atoms with Gasteiger partial charge in [0.05, 0.1) is 0 Å². The van der Waals surface area contributed by atoms with Crippen molar-refractivity contribution in [1.82, 2.24) is 0 Å². The third-order valence-electron chi connectivity index (χ3n) is 2.70. The second-order valence-electron chi connectivity index (χ2n) is 3.51. The van der Waals surface area contributed by atoms with Gasteiger partial charge >= 0.3 is 0 Å². The molecule has 0 atom stereocenters. The van der Waals surface area contributed by atoms with Gasteiger partial charge in [-0.05, 0) is 25.7 Å². The highest BCUT2D eigenvalue weighted by atomic mass is 16.1. The van der Waals surface area contributed by atoms with Crippen LogP contribution in [-0.4, -0.2) is 11.6 Å². The average Bonchev–Trinajstić information content (AvgIpc) is 2.07. The molecule has 2 heteroatoms. The lowest BCUT2D eigenvalue weighted by Crippen LogP contribution is -2.20. The first-order chi connectivity index (χ1) is 5.79. The van der Waals surface area contributed by atoms with Crippen molar-refractivity contribution >= 4 is 11.6 Å². The van der Waals surface area contributed by atoms with Crippen LogP contribution in [-0.2, 0) is 9.59 Å². The maximum Gasteiger partial charge on any atom is 0.159 e. The molecule has 0 heterocycles. The van der Waals surface area contributed by atoms with E-state index in [1.54, 1.807) is 0 Å². The number of ketones is 2. The summed E-state index contributed by atoms with van der Waals surface area (Å²) >= 11 is 0. The Balaban J connectivity index is 2.39. The molecule has 0 saturated carbocycles. The van der Waals surface area contributed by atoms with Crippen molar-refractivity contribution in [2.75, 3.05) is 0 Å². The van der Waals surface area contributed by atoms with Crippen LogP contribution in [0, 0.1) is 0 Å². The molecule has 0 amide bonds. The smallest absolute Gasteiger partial charge is 0.159 e. The van der Waals surface area contributed by atoms with E-state index in [0.29, 0.717) is 12.8 Å². The van der Waals surface area contributed by atoms with E-state index in [9.17, 15) is 9.59 Å². The van der Waals surface area contributed by atoms with Crippen LogP contribution in [0.5, 0.6) is 0 Å². The van der Waals surface area contributed by atoms with Crippen LogP contribution in [0.2, 0.25) is 0 Å².